The molecule has 1 saturated heterocycles. The van der Waals surface area contributed by atoms with Crippen molar-refractivity contribution in [2.24, 2.45) is 0 Å². The molecule has 0 N–H and O–H groups in total. The number of hydrogen-bond donors (Lipinski definition) is 0. The number of aromatic nitrogens is 2. The van der Waals surface area contributed by atoms with E-state index in [1.165, 1.54) is 11.3 Å². The van der Waals surface area contributed by atoms with Crippen molar-refractivity contribution in [3.63, 3.8) is 0 Å². The molecule has 1 fully saturated rings. The van der Waals surface area contributed by atoms with E-state index in [1.54, 1.807) is 0 Å². The van der Waals surface area contributed by atoms with Gasteiger partial charge in [0.2, 0.25) is 0 Å². The highest BCUT2D eigenvalue weighted by atomic mass is 32.2. The molecule has 0 bridgehead atoms. The van der Waals surface area contributed by atoms with Crippen LogP contribution in [0.4, 0.5) is 0 Å². The third-order valence-electron chi connectivity index (χ3n) is 4.22. The molecule has 23 heavy (non-hydrogen) atoms. The van der Waals surface area contributed by atoms with Crippen LogP contribution < -0.4 is 0 Å². The number of rotatable bonds is 7. The Hall–Kier alpha value is -1.30. The molecule has 0 amide bonds. The molecule has 0 radical (unpaired) electrons. The number of nitrogens with zero attached hydrogens (tertiary/aromatic N) is 2. The molecule has 5 heteroatoms. The van der Waals surface area contributed by atoms with Crippen molar-refractivity contribution in [2.75, 3.05) is 31.8 Å². The summed E-state index contributed by atoms with van der Waals surface area (Å²) in [5, 5.41) is 0. The summed E-state index contributed by atoms with van der Waals surface area (Å²) in [7, 11) is 0. The van der Waals surface area contributed by atoms with Crippen molar-refractivity contribution in [3.05, 3.63) is 42.4 Å². The highest BCUT2D eigenvalue weighted by Gasteiger charge is 2.32. The first-order valence-corrected chi connectivity index (χ1v) is 9.54. The monoisotopic (exact) mass is 332 g/mol. The largest absolute Gasteiger partial charge is 0.376 e. The molecule has 0 spiro atoms. The molecule has 2 atom stereocenters. The van der Waals surface area contributed by atoms with E-state index in [9.17, 15) is 0 Å². The normalized spacial score (nSPS) is 21.0. The van der Waals surface area contributed by atoms with Crippen LogP contribution in [0, 0.1) is 0 Å². The summed E-state index contributed by atoms with van der Waals surface area (Å²) in [6.45, 7) is 4.11. The Morgan fingerprint density at radius 1 is 1.30 bits per heavy atom. The molecule has 4 nitrogen and oxygen atoms in total. The van der Waals surface area contributed by atoms with E-state index in [-0.39, 0.29) is 12.1 Å². The predicted octanol–water partition coefficient (Wildman–Crippen LogP) is 3.43. The van der Waals surface area contributed by atoms with Crippen LogP contribution >= 0.6 is 11.8 Å². The Kier molecular flexibility index (Phi) is 5.75. The molecule has 1 aromatic heterocycles. The Morgan fingerprint density at radius 3 is 2.87 bits per heavy atom. The van der Waals surface area contributed by atoms with Crippen molar-refractivity contribution in [1.82, 2.24) is 9.55 Å². The number of hydrogen-bond acceptors (Lipinski definition) is 4. The minimum Gasteiger partial charge on any atom is -0.376 e. The van der Waals surface area contributed by atoms with Gasteiger partial charge in [-0.15, -0.1) is 0 Å². The van der Waals surface area contributed by atoms with Crippen LogP contribution in [0.5, 0.6) is 0 Å². The van der Waals surface area contributed by atoms with E-state index in [0.717, 1.165) is 17.9 Å². The van der Waals surface area contributed by atoms with Crippen molar-refractivity contribution < 1.29 is 9.47 Å². The lowest BCUT2D eigenvalue weighted by atomic mass is 10.1. The van der Waals surface area contributed by atoms with Crippen LogP contribution in [-0.2, 0) is 15.9 Å². The molecule has 0 saturated carbocycles. The van der Waals surface area contributed by atoms with Crippen molar-refractivity contribution in [1.29, 1.82) is 0 Å². The molecule has 1 aromatic carbocycles. The maximum Gasteiger partial charge on any atom is 0.104 e. The maximum absolute atomic E-state index is 5.87. The molecule has 3 rings (SSSR count). The summed E-state index contributed by atoms with van der Waals surface area (Å²) in [5.41, 5.74) is 3.54. The molecule has 0 aliphatic carbocycles. The summed E-state index contributed by atoms with van der Waals surface area (Å²) in [4.78, 5) is 4.72. The summed E-state index contributed by atoms with van der Waals surface area (Å²) >= 11 is 1.86. The first-order valence-electron chi connectivity index (χ1n) is 8.14. The first-order chi connectivity index (χ1) is 11.3. The minimum atomic E-state index is 0.117. The minimum absolute atomic E-state index is 0.117. The van der Waals surface area contributed by atoms with Gasteiger partial charge in [-0.1, -0.05) is 30.3 Å². The van der Waals surface area contributed by atoms with Gasteiger partial charge in [0, 0.05) is 17.9 Å². The number of benzene rings is 1. The van der Waals surface area contributed by atoms with Gasteiger partial charge in [-0.2, -0.15) is 11.8 Å². The smallest absolute Gasteiger partial charge is 0.104 e. The predicted molar refractivity (Wildman–Crippen MR) is 95.0 cm³/mol. The Balaban J connectivity index is 1.95. The van der Waals surface area contributed by atoms with Crippen LogP contribution in [0.2, 0.25) is 0 Å². The quantitative estimate of drug-likeness (QED) is 0.778. The van der Waals surface area contributed by atoms with E-state index >= 15 is 0 Å². The summed E-state index contributed by atoms with van der Waals surface area (Å²) < 4.78 is 13.8. The summed E-state index contributed by atoms with van der Waals surface area (Å²) in [5.74, 6) is 1.08. The van der Waals surface area contributed by atoms with E-state index in [0.29, 0.717) is 19.8 Å². The SMILES string of the molecule is CCO[C@H]1COC[C@@H]1n1cnc(-c2ccccc2)c1CCSC. The highest BCUT2D eigenvalue weighted by Crippen LogP contribution is 2.30. The summed E-state index contributed by atoms with van der Waals surface area (Å²) in [6.07, 6.45) is 5.22. The fraction of sp³-hybridized carbons (Fsp3) is 0.500. The van der Waals surface area contributed by atoms with Gasteiger partial charge < -0.3 is 14.0 Å². The molecular weight excluding hydrogens is 308 g/mol. The van der Waals surface area contributed by atoms with Crippen LogP contribution in [0.25, 0.3) is 11.3 Å². The third kappa shape index (κ3) is 3.62. The van der Waals surface area contributed by atoms with Gasteiger partial charge in [-0.05, 0) is 25.4 Å². The fourth-order valence-electron chi connectivity index (χ4n) is 3.11. The maximum atomic E-state index is 5.87. The zero-order valence-electron chi connectivity index (χ0n) is 13.8. The van der Waals surface area contributed by atoms with Crippen LogP contribution in [0.3, 0.4) is 0 Å². The fourth-order valence-corrected chi connectivity index (χ4v) is 3.51. The van der Waals surface area contributed by atoms with Gasteiger partial charge in [0.25, 0.3) is 0 Å². The molecule has 1 aliphatic rings. The lowest BCUT2D eigenvalue weighted by molar-refractivity contribution is 0.0358. The van der Waals surface area contributed by atoms with Gasteiger partial charge in [0.05, 0.1) is 31.3 Å². The van der Waals surface area contributed by atoms with Crippen molar-refractivity contribution in [2.45, 2.75) is 25.5 Å². The lowest BCUT2D eigenvalue weighted by Crippen LogP contribution is -2.26. The lowest BCUT2D eigenvalue weighted by Gasteiger charge is -2.21. The average molecular weight is 332 g/mol. The number of thioether (sulfide) groups is 1. The van der Waals surface area contributed by atoms with Crippen molar-refractivity contribution >= 4 is 11.8 Å². The van der Waals surface area contributed by atoms with Crippen molar-refractivity contribution in [3.8, 4) is 11.3 Å². The van der Waals surface area contributed by atoms with Crippen LogP contribution in [0.1, 0.15) is 18.7 Å². The second-order valence-corrected chi connectivity index (χ2v) is 6.64. The van der Waals surface area contributed by atoms with E-state index in [2.05, 4.69) is 35.1 Å². The van der Waals surface area contributed by atoms with E-state index in [4.69, 9.17) is 14.5 Å². The Labute approximate surface area is 142 Å². The van der Waals surface area contributed by atoms with Crippen LogP contribution in [-0.4, -0.2) is 47.5 Å². The van der Waals surface area contributed by atoms with Gasteiger partial charge >= 0.3 is 0 Å². The van der Waals surface area contributed by atoms with Gasteiger partial charge in [-0.3, -0.25) is 0 Å². The Morgan fingerprint density at radius 2 is 2.13 bits per heavy atom. The van der Waals surface area contributed by atoms with Crippen LogP contribution in [0.15, 0.2) is 36.7 Å². The van der Waals surface area contributed by atoms with E-state index < -0.39 is 0 Å². The summed E-state index contributed by atoms with van der Waals surface area (Å²) in [6, 6.07) is 10.6. The number of imidazole rings is 1. The molecule has 2 heterocycles. The average Bonchev–Trinajstić information content (AvgIpc) is 3.20. The topological polar surface area (TPSA) is 36.3 Å². The molecule has 0 unspecified atom stereocenters. The zero-order valence-corrected chi connectivity index (χ0v) is 14.6. The van der Waals surface area contributed by atoms with E-state index in [1.807, 2.05) is 31.1 Å². The van der Waals surface area contributed by atoms with Gasteiger partial charge in [0.15, 0.2) is 0 Å². The molecule has 124 valence electrons. The highest BCUT2D eigenvalue weighted by molar-refractivity contribution is 7.98. The van der Waals surface area contributed by atoms with Gasteiger partial charge in [0.1, 0.15) is 6.10 Å². The third-order valence-corrected chi connectivity index (χ3v) is 4.84. The molecular formula is C18H24N2O2S. The second kappa shape index (κ2) is 7.99. The Bertz CT molecular complexity index is 615. The zero-order chi connectivity index (χ0) is 16.1. The number of ether oxygens (including phenoxy) is 2. The molecule has 2 aromatic rings. The standard InChI is InChI=1S/C18H24N2O2S/c1-3-22-17-12-21-11-16(17)20-13-19-18(15(20)9-10-23-2)14-7-5-4-6-8-14/h4-8,13,16-17H,3,9-12H2,1-2H3/t16-,17-/m0/s1. The molecule has 1 aliphatic heterocycles. The second-order valence-electron chi connectivity index (χ2n) is 5.65. The first kappa shape index (κ1) is 16.6. The van der Waals surface area contributed by atoms with Gasteiger partial charge in [-0.25, -0.2) is 4.98 Å².